The maximum atomic E-state index is 12.3. The summed E-state index contributed by atoms with van der Waals surface area (Å²) in [7, 11) is -2.49. The van der Waals surface area contributed by atoms with E-state index in [1.165, 1.54) is 17.6 Å². The third-order valence-corrected chi connectivity index (χ3v) is 4.79. The molecule has 1 N–H and O–H groups in total. The summed E-state index contributed by atoms with van der Waals surface area (Å²) in [6.45, 7) is 0.948. The highest BCUT2D eigenvalue weighted by Crippen LogP contribution is 2.21. The number of hydrogen-bond donors (Lipinski definition) is 1. The molecule has 0 bridgehead atoms. The minimum absolute atomic E-state index is 0.0527. The SMILES string of the molecule is COC(=O)c1cn[nH]c1S(=O)(=O)N1CCCCC1. The third-order valence-electron chi connectivity index (χ3n) is 2.92. The lowest BCUT2D eigenvalue weighted by Crippen LogP contribution is -2.36. The van der Waals surface area contributed by atoms with Gasteiger partial charge in [0.05, 0.1) is 13.3 Å². The lowest BCUT2D eigenvalue weighted by molar-refractivity contribution is 0.0596. The summed E-state index contributed by atoms with van der Waals surface area (Å²) in [5.41, 5.74) is -0.0527. The molecule has 0 unspecified atom stereocenters. The van der Waals surface area contributed by atoms with E-state index in [1.54, 1.807) is 0 Å². The van der Waals surface area contributed by atoms with Crippen LogP contribution in [0.25, 0.3) is 0 Å². The largest absolute Gasteiger partial charge is 0.465 e. The van der Waals surface area contributed by atoms with Crippen LogP contribution in [0.5, 0.6) is 0 Å². The van der Waals surface area contributed by atoms with Crippen LogP contribution in [-0.2, 0) is 14.8 Å². The normalized spacial score (nSPS) is 17.6. The fraction of sp³-hybridized carbons (Fsp3) is 0.600. The highest BCUT2D eigenvalue weighted by atomic mass is 32.2. The molecule has 0 saturated carbocycles. The molecule has 0 aliphatic carbocycles. The van der Waals surface area contributed by atoms with Gasteiger partial charge in [-0.2, -0.15) is 9.40 Å². The molecule has 7 nitrogen and oxygen atoms in total. The van der Waals surface area contributed by atoms with Gasteiger partial charge < -0.3 is 4.74 Å². The van der Waals surface area contributed by atoms with Crippen LogP contribution in [0.15, 0.2) is 11.2 Å². The molecule has 1 fully saturated rings. The Hall–Kier alpha value is -1.41. The lowest BCUT2D eigenvalue weighted by atomic mass is 10.2. The molecule has 1 aliphatic rings. The van der Waals surface area contributed by atoms with Crippen LogP contribution in [0.2, 0.25) is 0 Å². The number of aromatic nitrogens is 2. The summed E-state index contributed by atoms with van der Waals surface area (Å²) in [6, 6.07) is 0. The van der Waals surface area contributed by atoms with E-state index in [0.717, 1.165) is 19.3 Å². The van der Waals surface area contributed by atoms with Gasteiger partial charge in [0.2, 0.25) is 0 Å². The standard InChI is InChI=1S/C10H15N3O4S/c1-17-10(14)8-7-11-12-9(8)18(15,16)13-5-3-2-4-6-13/h7H,2-6H2,1H3,(H,11,12). The number of esters is 1. The quantitative estimate of drug-likeness (QED) is 0.803. The van der Waals surface area contributed by atoms with Gasteiger partial charge in [-0.05, 0) is 12.8 Å². The van der Waals surface area contributed by atoms with Crippen LogP contribution >= 0.6 is 0 Å². The van der Waals surface area contributed by atoms with Gasteiger partial charge in [0, 0.05) is 13.1 Å². The van der Waals surface area contributed by atoms with Crippen molar-refractivity contribution >= 4 is 16.0 Å². The van der Waals surface area contributed by atoms with Gasteiger partial charge in [-0.15, -0.1) is 0 Å². The van der Waals surface area contributed by atoms with Crippen molar-refractivity contribution in [2.24, 2.45) is 0 Å². The molecule has 1 aliphatic heterocycles. The molecule has 0 aromatic carbocycles. The summed E-state index contributed by atoms with van der Waals surface area (Å²) in [6.07, 6.45) is 3.86. The lowest BCUT2D eigenvalue weighted by Gasteiger charge is -2.25. The minimum Gasteiger partial charge on any atom is -0.465 e. The highest BCUT2D eigenvalue weighted by molar-refractivity contribution is 7.89. The van der Waals surface area contributed by atoms with Gasteiger partial charge in [-0.3, -0.25) is 5.10 Å². The number of carbonyl (C=O) groups excluding carboxylic acids is 1. The van der Waals surface area contributed by atoms with Crippen molar-refractivity contribution in [3.63, 3.8) is 0 Å². The molecule has 1 aromatic rings. The predicted molar refractivity (Wildman–Crippen MR) is 62.5 cm³/mol. The maximum absolute atomic E-state index is 12.3. The van der Waals surface area contributed by atoms with E-state index in [4.69, 9.17) is 0 Å². The predicted octanol–water partition coefficient (Wildman–Crippen LogP) is 0.371. The van der Waals surface area contributed by atoms with E-state index in [1.807, 2.05) is 0 Å². The maximum Gasteiger partial charge on any atom is 0.342 e. The number of nitrogens with one attached hydrogen (secondary N) is 1. The third kappa shape index (κ3) is 2.25. The molecule has 2 rings (SSSR count). The first-order valence-corrected chi connectivity index (χ1v) is 7.13. The monoisotopic (exact) mass is 273 g/mol. The summed E-state index contributed by atoms with van der Waals surface area (Å²) >= 11 is 0. The van der Waals surface area contributed by atoms with E-state index < -0.39 is 16.0 Å². The Morgan fingerprint density at radius 1 is 1.39 bits per heavy atom. The number of piperidine rings is 1. The molecule has 1 saturated heterocycles. The molecule has 8 heteroatoms. The molecule has 0 radical (unpaired) electrons. The Kier molecular flexibility index (Phi) is 3.67. The average molecular weight is 273 g/mol. The topological polar surface area (TPSA) is 92.4 Å². The molecule has 0 spiro atoms. The summed E-state index contributed by atoms with van der Waals surface area (Å²) < 4.78 is 30.6. The zero-order chi connectivity index (χ0) is 13.2. The van der Waals surface area contributed by atoms with E-state index in [-0.39, 0.29) is 10.6 Å². The number of methoxy groups -OCH3 is 1. The van der Waals surface area contributed by atoms with Crippen LogP contribution in [-0.4, -0.2) is 49.1 Å². The van der Waals surface area contributed by atoms with E-state index >= 15 is 0 Å². The number of rotatable bonds is 3. The van der Waals surface area contributed by atoms with Crippen molar-refractivity contribution in [1.82, 2.24) is 14.5 Å². The first kappa shape index (κ1) is 13.0. The van der Waals surface area contributed by atoms with Crippen molar-refractivity contribution in [3.05, 3.63) is 11.8 Å². The average Bonchev–Trinajstić information content (AvgIpc) is 2.89. The Bertz CT molecular complexity index is 531. The number of aromatic amines is 1. The highest BCUT2D eigenvalue weighted by Gasteiger charge is 2.32. The van der Waals surface area contributed by atoms with Crippen LogP contribution < -0.4 is 0 Å². The summed E-state index contributed by atoms with van der Waals surface area (Å²) in [5, 5.41) is 5.81. The second-order valence-corrected chi connectivity index (χ2v) is 5.94. The second-order valence-electron chi connectivity index (χ2n) is 4.07. The molecule has 0 atom stereocenters. The molecular formula is C10H15N3O4S. The smallest absolute Gasteiger partial charge is 0.342 e. The van der Waals surface area contributed by atoms with Crippen LogP contribution in [0.4, 0.5) is 0 Å². The Labute approximate surface area is 105 Å². The van der Waals surface area contributed by atoms with Crippen molar-refractivity contribution in [2.75, 3.05) is 20.2 Å². The number of hydrogen-bond acceptors (Lipinski definition) is 5. The summed E-state index contributed by atoms with van der Waals surface area (Å²) in [4.78, 5) is 11.5. The summed E-state index contributed by atoms with van der Waals surface area (Å²) in [5.74, 6) is -0.709. The molecule has 18 heavy (non-hydrogen) atoms. The fourth-order valence-corrected chi connectivity index (χ4v) is 3.54. The number of nitrogens with zero attached hydrogens (tertiary/aromatic N) is 2. The molecule has 100 valence electrons. The van der Waals surface area contributed by atoms with Crippen LogP contribution in [0.1, 0.15) is 29.6 Å². The van der Waals surface area contributed by atoms with Gasteiger partial charge in [0.25, 0.3) is 10.0 Å². The second kappa shape index (κ2) is 5.07. The van der Waals surface area contributed by atoms with Crippen molar-refractivity contribution in [3.8, 4) is 0 Å². The van der Waals surface area contributed by atoms with Gasteiger partial charge in [0.15, 0.2) is 5.03 Å². The van der Waals surface area contributed by atoms with Gasteiger partial charge in [-0.1, -0.05) is 6.42 Å². The molecule has 1 aromatic heterocycles. The zero-order valence-electron chi connectivity index (χ0n) is 10.0. The Morgan fingerprint density at radius 2 is 2.06 bits per heavy atom. The van der Waals surface area contributed by atoms with Crippen LogP contribution in [0, 0.1) is 0 Å². The molecule has 2 heterocycles. The van der Waals surface area contributed by atoms with E-state index in [0.29, 0.717) is 13.1 Å². The molecular weight excluding hydrogens is 258 g/mol. The number of sulfonamides is 1. The van der Waals surface area contributed by atoms with Gasteiger partial charge in [0.1, 0.15) is 5.56 Å². The van der Waals surface area contributed by atoms with Crippen LogP contribution in [0.3, 0.4) is 0 Å². The Morgan fingerprint density at radius 3 is 2.67 bits per heavy atom. The minimum atomic E-state index is -3.69. The van der Waals surface area contributed by atoms with Crippen molar-refractivity contribution < 1.29 is 17.9 Å². The Balaban J connectivity index is 2.35. The molecule has 0 amide bonds. The first-order valence-electron chi connectivity index (χ1n) is 5.69. The van der Waals surface area contributed by atoms with Crippen molar-refractivity contribution in [2.45, 2.75) is 24.3 Å². The first-order chi connectivity index (χ1) is 8.57. The number of carbonyl (C=O) groups is 1. The number of H-pyrrole nitrogens is 1. The zero-order valence-corrected chi connectivity index (χ0v) is 10.9. The van der Waals surface area contributed by atoms with Gasteiger partial charge >= 0.3 is 5.97 Å². The van der Waals surface area contributed by atoms with Crippen molar-refractivity contribution in [1.29, 1.82) is 0 Å². The van der Waals surface area contributed by atoms with E-state index in [2.05, 4.69) is 14.9 Å². The van der Waals surface area contributed by atoms with E-state index in [9.17, 15) is 13.2 Å². The fourth-order valence-electron chi connectivity index (χ4n) is 1.96. The number of ether oxygens (including phenoxy) is 1. The van der Waals surface area contributed by atoms with Gasteiger partial charge in [-0.25, -0.2) is 13.2 Å².